The molecule has 0 radical (unpaired) electrons. The number of ether oxygens (including phenoxy) is 3. The average Bonchev–Trinajstić information content (AvgIpc) is 3.77. The third-order valence-corrected chi connectivity index (χ3v) is 10.8. The van der Waals surface area contributed by atoms with E-state index in [4.69, 9.17) is 25.8 Å². The van der Waals surface area contributed by atoms with Crippen LogP contribution in [0.4, 0.5) is 0 Å². The highest BCUT2D eigenvalue weighted by atomic mass is 35.5. The van der Waals surface area contributed by atoms with E-state index in [1.165, 1.54) is 5.69 Å². The number of pyridine rings is 1. The van der Waals surface area contributed by atoms with Gasteiger partial charge in [-0.2, -0.15) is 5.26 Å². The summed E-state index contributed by atoms with van der Waals surface area (Å²) in [6, 6.07) is 20.3. The number of aryl methyl sites for hydroxylation is 1. The number of imidazole rings is 1. The second kappa shape index (κ2) is 17.0. The lowest BCUT2D eigenvalue weighted by Crippen LogP contribution is -2.31. The van der Waals surface area contributed by atoms with Gasteiger partial charge in [-0.3, -0.25) is 9.88 Å². The van der Waals surface area contributed by atoms with Crippen molar-refractivity contribution < 1.29 is 19.3 Å². The fraction of sp³-hybridized carbons (Fsp3) is 0.372. The van der Waals surface area contributed by atoms with Gasteiger partial charge in [0.15, 0.2) is 0 Å². The zero-order valence-electron chi connectivity index (χ0n) is 31.2. The van der Waals surface area contributed by atoms with Gasteiger partial charge in [0.2, 0.25) is 0 Å². The average molecular weight is 747 g/mol. The SMILES string of the molecule is Cc1c(COc2cc(OCc3cncc(C#N)c3)c(CN3CCc4c(ncn4C)C3)cc2Cl)cccc1-c1cccc(OCCCN2CCC(O)C2)c1C. The third-order valence-electron chi connectivity index (χ3n) is 10.5. The summed E-state index contributed by atoms with van der Waals surface area (Å²) in [5.41, 5.74) is 10.1. The van der Waals surface area contributed by atoms with Gasteiger partial charge in [-0.15, -0.1) is 0 Å². The van der Waals surface area contributed by atoms with E-state index >= 15 is 0 Å². The molecule has 2 aliphatic rings. The highest BCUT2D eigenvalue weighted by Gasteiger charge is 2.23. The number of hydrogen-bond acceptors (Lipinski definition) is 9. The lowest BCUT2D eigenvalue weighted by molar-refractivity contribution is 0.173. The number of likely N-dealkylation sites (tertiary alicyclic amines) is 1. The first kappa shape index (κ1) is 37.4. The minimum atomic E-state index is -0.200. The number of fused-ring (bicyclic) bond motifs is 1. The zero-order valence-corrected chi connectivity index (χ0v) is 32.0. The van der Waals surface area contributed by atoms with Crippen LogP contribution in [0.1, 0.15) is 57.6 Å². The van der Waals surface area contributed by atoms with Crippen molar-refractivity contribution in [3.05, 3.63) is 123 Å². The van der Waals surface area contributed by atoms with Crippen molar-refractivity contribution in [1.29, 1.82) is 5.26 Å². The Hall–Kier alpha value is -4.92. The molecule has 0 spiro atoms. The summed E-state index contributed by atoms with van der Waals surface area (Å²) in [6.07, 6.45) is 7.62. The Labute approximate surface area is 322 Å². The van der Waals surface area contributed by atoms with Gasteiger partial charge < -0.3 is 28.8 Å². The van der Waals surface area contributed by atoms with Gasteiger partial charge in [0.1, 0.15) is 36.5 Å². The second-order valence-electron chi connectivity index (χ2n) is 14.3. The van der Waals surface area contributed by atoms with Crippen molar-refractivity contribution in [3.63, 3.8) is 0 Å². The lowest BCUT2D eigenvalue weighted by Gasteiger charge is -2.27. The van der Waals surface area contributed by atoms with Gasteiger partial charge in [-0.05, 0) is 72.7 Å². The van der Waals surface area contributed by atoms with Crippen LogP contribution in [0.2, 0.25) is 5.02 Å². The first-order chi connectivity index (χ1) is 26.2. The Kier molecular flexibility index (Phi) is 11.8. The number of aliphatic hydroxyl groups excluding tert-OH is 1. The normalized spacial score (nSPS) is 15.9. The van der Waals surface area contributed by atoms with E-state index in [0.29, 0.717) is 41.8 Å². The monoisotopic (exact) mass is 746 g/mol. The summed E-state index contributed by atoms with van der Waals surface area (Å²) in [5, 5.41) is 19.7. The Bertz CT molecular complexity index is 2150. The molecular formula is C43H47ClN6O4. The van der Waals surface area contributed by atoms with Crippen LogP contribution in [0.25, 0.3) is 11.1 Å². The maximum atomic E-state index is 9.82. The van der Waals surface area contributed by atoms with Crippen LogP contribution in [0, 0.1) is 25.2 Å². The molecule has 1 saturated heterocycles. The van der Waals surface area contributed by atoms with Crippen LogP contribution in [0.3, 0.4) is 0 Å². The van der Waals surface area contributed by atoms with E-state index in [1.807, 2.05) is 37.6 Å². The van der Waals surface area contributed by atoms with E-state index in [9.17, 15) is 10.4 Å². The van der Waals surface area contributed by atoms with Crippen molar-refractivity contribution in [3.8, 4) is 34.4 Å². The lowest BCUT2D eigenvalue weighted by atomic mass is 9.93. The smallest absolute Gasteiger partial charge is 0.142 e. The minimum absolute atomic E-state index is 0.200. The van der Waals surface area contributed by atoms with E-state index in [2.05, 4.69) is 68.5 Å². The predicted octanol–water partition coefficient (Wildman–Crippen LogP) is 7.18. The number of halogens is 1. The second-order valence-corrected chi connectivity index (χ2v) is 14.7. The standard InChI is InChI=1S/C43H47ClN6O4/c1-29-33(7-4-8-36(29)37-9-5-10-41(30(37)2)52-16-6-13-49-14-11-35(51)24-49)27-54-43-19-42(53-26-32-17-31(20-45)21-46-22-32)34(18-38(43)44)23-50-15-12-40-39(25-50)47-28-48(40)3/h4-5,7-10,17-19,21-22,28,35,51H,6,11-16,23-27H2,1-3H3. The van der Waals surface area contributed by atoms with Crippen LogP contribution in [-0.4, -0.2) is 68.3 Å². The Morgan fingerprint density at radius 2 is 1.72 bits per heavy atom. The summed E-state index contributed by atoms with van der Waals surface area (Å²) in [5.74, 6) is 2.08. The van der Waals surface area contributed by atoms with Gasteiger partial charge in [0, 0.05) is 88.0 Å². The van der Waals surface area contributed by atoms with Crippen molar-refractivity contribution in [2.45, 2.75) is 65.5 Å². The molecule has 4 heterocycles. The molecule has 10 nitrogen and oxygen atoms in total. The molecule has 2 aromatic heterocycles. The minimum Gasteiger partial charge on any atom is -0.493 e. The Morgan fingerprint density at radius 1 is 0.907 bits per heavy atom. The fourth-order valence-electron chi connectivity index (χ4n) is 7.46. The number of hydrogen-bond donors (Lipinski definition) is 1. The highest BCUT2D eigenvalue weighted by Crippen LogP contribution is 2.37. The molecule has 0 saturated carbocycles. The van der Waals surface area contributed by atoms with Gasteiger partial charge in [-0.25, -0.2) is 4.98 Å². The molecule has 0 amide bonds. The van der Waals surface area contributed by atoms with Crippen molar-refractivity contribution in [2.75, 3.05) is 32.8 Å². The topological polar surface area (TPSA) is 109 Å². The van der Waals surface area contributed by atoms with E-state index in [1.54, 1.807) is 18.5 Å². The van der Waals surface area contributed by atoms with Crippen LogP contribution in [0.15, 0.2) is 73.3 Å². The van der Waals surface area contributed by atoms with Gasteiger partial charge >= 0.3 is 0 Å². The fourth-order valence-corrected chi connectivity index (χ4v) is 7.70. The van der Waals surface area contributed by atoms with Crippen LogP contribution in [0.5, 0.6) is 17.2 Å². The van der Waals surface area contributed by atoms with Gasteiger partial charge in [0.25, 0.3) is 0 Å². The molecule has 280 valence electrons. The van der Waals surface area contributed by atoms with E-state index < -0.39 is 0 Å². The van der Waals surface area contributed by atoms with Crippen molar-refractivity contribution in [1.82, 2.24) is 24.3 Å². The number of aliphatic hydroxyl groups is 1. The molecule has 3 aromatic carbocycles. The molecule has 0 bridgehead atoms. The van der Waals surface area contributed by atoms with E-state index in [0.717, 1.165) is 102 Å². The molecule has 2 aliphatic heterocycles. The molecule has 1 unspecified atom stereocenters. The molecule has 1 N–H and O–H groups in total. The molecule has 0 aliphatic carbocycles. The quantitative estimate of drug-likeness (QED) is 0.118. The van der Waals surface area contributed by atoms with Crippen LogP contribution >= 0.6 is 11.6 Å². The number of rotatable bonds is 14. The Balaban J connectivity index is 1.06. The molecule has 5 aromatic rings. The first-order valence-corrected chi connectivity index (χ1v) is 19.0. The van der Waals surface area contributed by atoms with Crippen molar-refractivity contribution >= 4 is 11.6 Å². The number of nitrogens with zero attached hydrogens (tertiary/aromatic N) is 6. The number of β-amino-alcohol motifs (C(OH)–C–C–N with tert-alkyl or cyclic N) is 1. The summed E-state index contributed by atoms with van der Waals surface area (Å²) < 4.78 is 21.2. The number of benzene rings is 3. The summed E-state index contributed by atoms with van der Waals surface area (Å²) in [4.78, 5) is 13.5. The molecule has 54 heavy (non-hydrogen) atoms. The molecule has 1 fully saturated rings. The Morgan fingerprint density at radius 3 is 2.54 bits per heavy atom. The maximum Gasteiger partial charge on any atom is 0.142 e. The van der Waals surface area contributed by atoms with Gasteiger partial charge in [0.05, 0.1) is 35.3 Å². The summed E-state index contributed by atoms with van der Waals surface area (Å²) in [7, 11) is 2.04. The molecule has 11 heteroatoms. The molecule has 1 atom stereocenters. The number of aromatic nitrogens is 3. The molecular weight excluding hydrogens is 700 g/mol. The first-order valence-electron chi connectivity index (χ1n) is 18.6. The van der Waals surface area contributed by atoms with E-state index in [-0.39, 0.29) is 12.7 Å². The van der Waals surface area contributed by atoms with Crippen LogP contribution < -0.4 is 14.2 Å². The maximum absolute atomic E-state index is 9.82. The highest BCUT2D eigenvalue weighted by molar-refractivity contribution is 6.32. The van der Waals surface area contributed by atoms with Crippen LogP contribution in [-0.2, 0) is 39.8 Å². The largest absolute Gasteiger partial charge is 0.493 e. The molecule has 7 rings (SSSR count). The van der Waals surface area contributed by atoms with Gasteiger partial charge in [-0.1, -0.05) is 41.9 Å². The predicted molar refractivity (Wildman–Crippen MR) is 209 cm³/mol. The third kappa shape index (κ3) is 8.72. The summed E-state index contributed by atoms with van der Waals surface area (Å²) >= 11 is 6.94. The van der Waals surface area contributed by atoms with Crippen molar-refractivity contribution in [2.24, 2.45) is 7.05 Å². The summed E-state index contributed by atoms with van der Waals surface area (Å²) in [6.45, 7) is 10.3. The number of nitriles is 1. The zero-order chi connectivity index (χ0) is 37.6.